The molecule has 0 fully saturated rings. The van der Waals surface area contributed by atoms with Gasteiger partial charge in [-0.1, -0.05) is 0 Å². The minimum absolute atomic E-state index is 0.286. The summed E-state index contributed by atoms with van der Waals surface area (Å²) in [5, 5.41) is 8.88. The molecule has 1 aromatic rings. The van der Waals surface area contributed by atoms with E-state index in [4.69, 9.17) is 5.73 Å². The first kappa shape index (κ1) is 13.1. The zero-order valence-electron chi connectivity index (χ0n) is 9.64. The minimum Gasteiger partial charge on any atom is -0.347 e. The highest BCUT2D eigenvalue weighted by atomic mass is 16.2. The van der Waals surface area contributed by atoms with E-state index < -0.39 is 11.8 Å². The van der Waals surface area contributed by atoms with E-state index in [0.717, 1.165) is 0 Å². The van der Waals surface area contributed by atoms with Gasteiger partial charge in [0.15, 0.2) is 5.82 Å². The zero-order valence-corrected chi connectivity index (χ0v) is 9.64. The number of rotatable bonds is 5. The van der Waals surface area contributed by atoms with Crippen LogP contribution in [0.15, 0.2) is 6.33 Å². The van der Waals surface area contributed by atoms with Crippen molar-refractivity contribution < 1.29 is 9.59 Å². The smallest absolute Gasteiger partial charge is 0.309 e. The number of hydrogen-bond acceptors (Lipinski definition) is 5. The molecule has 0 saturated carbocycles. The Morgan fingerprint density at radius 1 is 1.35 bits per heavy atom. The summed E-state index contributed by atoms with van der Waals surface area (Å²) in [6.07, 6.45) is 2.06. The highest BCUT2D eigenvalue weighted by molar-refractivity contribution is 6.35. The molecule has 0 spiro atoms. The van der Waals surface area contributed by atoms with E-state index in [1.807, 2.05) is 0 Å². The number of amides is 2. The SMILES string of the molecule is Cn1cnc(CCNC(=O)C(=O)NCCN)n1. The maximum atomic E-state index is 11.2. The molecule has 1 heterocycles. The molecule has 0 atom stereocenters. The molecule has 0 aromatic carbocycles. The molecule has 8 heteroatoms. The molecule has 0 aliphatic heterocycles. The van der Waals surface area contributed by atoms with Crippen molar-refractivity contribution in [1.29, 1.82) is 0 Å². The second kappa shape index (κ2) is 6.59. The van der Waals surface area contributed by atoms with Gasteiger partial charge >= 0.3 is 11.8 Å². The second-order valence-electron chi connectivity index (χ2n) is 3.38. The molecule has 94 valence electrons. The Labute approximate surface area is 98.6 Å². The first-order valence-corrected chi connectivity index (χ1v) is 5.24. The average Bonchev–Trinajstić information content (AvgIpc) is 2.71. The molecule has 4 N–H and O–H groups in total. The van der Waals surface area contributed by atoms with Gasteiger partial charge in [0.1, 0.15) is 6.33 Å². The van der Waals surface area contributed by atoms with Gasteiger partial charge in [0.05, 0.1) is 0 Å². The summed E-state index contributed by atoms with van der Waals surface area (Å²) >= 11 is 0. The molecule has 2 amide bonds. The lowest BCUT2D eigenvalue weighted by Gasteiger charge is -2.03. The maximum absolute atomic E-state index is 11.2. The van der Waals surface area contributed by atoms with Crippen molar-refractivity contribution in [2.45, 2.75) is 6.42 Å². The summed E-state index contributed by atoms with van der Waals surface area (Å²) in [7, 11) is 1.76. The Balaban J connectivity index is 2.22. The van der Waals surface area contributed by atoms with Crippen LogP contribution < -0.4 is 16.4 Å². The van der Waals surface area contributed by atoms with Crippen LogP contribution in [0.1, 0.15) is 5.82 Å². The maximum Gasteiger partial charge on any atom is 0.309 e. The largest absolute Gasteiger partial charge is 0.347 e. The summed E-state index contributed by atoms with van der Waals surface area (Å²) in [6, 6.07) is 0. The molecule has 0 aliphatic rings. The lowest BCUT2D eigenvalue weighted by Crippen LogP contribution is -2.42. The number of aromatic nitrogens is 3. The van der Waals surface area contributed by atoms with E-state index in [9.17, 15) is 9.59 Å². The van der Waals surface area contributed by atoms with Crippen LogP contribution in [-0.2, 0) is 23.1 Å². The molecule has 17 heavy (non-hydrogen) atoms. The monoisotopic (exact) mass is 240 g/mol. The molecule has 0 bridgehead atoms. The third-order valence-corrected chi connectivity index (χ3v) is 1.92. The fourth-order valence-electron chi connectivity index (χ4n) is 1.13. The number of nitrogens with two attached hydrogens (primary N) is 1. The predicted molar refractivity (Wildman–Crippen MR) is 59.8 cm³/mol. The molecule has 0 aliphatic carbocycles. The van der Waals surface area contributed by atoms with E-state index in [1.54, 1.807) is 18.1 Å². The van der Waals surface area contributed by atoms with E-state index in [2.05, 4.69) is 20.7 Å². The van der Waals surface area contributed by atoms with Crippen molar-refractivity contribution in [2.24, 2.45) is 12.8 Å². The van der Waals surface area contributed by atoms with Crippen molar-refractivity contribution in [3.63, 3.8) is 0 Å². The summed E-state index contributed by atoms with van der Waals surface area (Å²) < 4.78 is 1.57. The zero-order chi connectivity index (χ0) is 12.7. The standard InChI is InChI=1S/C9H16N6O2/c1-15-6-13-7(14-15)2-4-11-8(16)9(17)12-5-3-10/h6H,2-5,10H2,1H3,(H,11,16)(H,12,17). The number of nitrogens with zero attached hydrogens (tertiary/aromatic N) is 3. The third-order valence-electron chi connectivity index (χ3n) is 1.92. The van der Waals surface area contributed by atoms with Crippen molar-refractivity contribution in [2.75, 3.05) is 19.6 Å². The number of aryl methyl sites for hydroxylation is 1. The lowest BCUT2D eigenvalue weighted by molar-refractivity contribution is -0.139. The molecule has 1 rings (SSSR count). The summed E-state index contributed by atoms with van der Waals surface area (Å²) in [6.45, 7) is 0.907. The van der Waals surface area contributed by atoms with Gasteiger partial charge in [-0.2, -0.15) is 5.10 Å². The van der Waals surface area contributed by atoms with Crippen molar-refractivity contribution in [1.82, 2.24) is 25.4 Å². The van der Waals surface area contributed by atoms with E-state index in [0.29, 0.717) is 25.3 Å². The quantitative estimate of drug-likeness (QED) is 0.494. The predicted octanol–water partition coefficient (Wildman–Crippen LogP) is -2.45. The van der Waals surface area contributed by atoms with Gasteiger partial charge in [-0.05, 0) is 0 Å². The van der Waals surface area contributed by atoms with Gasteiger partial charge in [-0.25, -0.2) is 4.98 Å². The van der Waals surface area contributed by atoms with Gasteiger partial charge in [0.2, 0.25) is 0 Å². The molecule has 1 aromatic heterocycles. The second-order valence-corrected chi connectivity index (χ2v) is 3.38. The normalized spacial score (nSPS) is 10.0. The van der Waals surface area contributed by atoms with Crippen LogP contribution in [0.3, 0.4) is 0 Å². The van der Waals surface area contributed by atoms with Crippen molar-refractivity contribution >= 4 is 11.8 Å². The Morgan fingerprint density at radius 2 is 2.00 bits per heavy atom. The molecule has 0 radical (unpaired) electrons. The first-order chi connectivity index (χ1) is 8.13. The van der Waals surface area contributed by atoms with E-state index >= 15 is 0 Å². The molecular weight excluding hydrogens is 224 g/mol. The summed E-state index contributed by atoms with van der Waals surface area (Å²) in [4.78, 5) is 26.4. The summed E-state index contributed by atoms with van der Waals surface area (Å²) in [5.74, 6) is -0.728. The van der Waals surface area contributed by atoms with Crippen LogP contribution >= 0.6 is 0 Å². The Hall–Kier alpha value is -1.96. The van der Waals surface area contributed by atoms with Gasteiger partial charge in [0.25, 0.3) is 0 Å². The highest BCUT2D eigenvalue weighted by Gasteiger charge is 2.11. The fraction of sp³-hybridized carbons (Fsp3) is 0.556. The number of hydrogen-bond donors (Lipinski definition) is 3. The van der Waals surface area contributed by atoms with Gasteiger partial charge in [-0.15, -0.1) is 0 Å². The third kappa shape index (κ3) is 4.60. The van der Waals surface area contributed by atoms with Crippen LogP contribution in [0.4, 0.5) is 0 Å². The van der Waals surface area contributed by atoms with Crippen molar-refractivity contribution in [3.8, 4) is 0 Å². The van der Waals surface area contributed by atoms with Crippen LogP contribution in [0, 0.1) is 0 Å². The van der Waals surface area contributed by atoms with Crippen LogP contribution in [-0.4, -0.2) is 46.2 Å². The summed E-state index contributed by atoms with van der Waals surface area (Å²) in [5.41, 5.74) is 5.19. The lowest BCUT2D eigenvalue weighted by atomic mass is 10.4. The van der Waals surface area contributed by atoms with Gasteiger partial charge in [0, 0.05) is 33.1 Å². The molecule has 0 saturated heterocycles. The highest BCUT2D eigenvalue weighted by Crippen LogP contribution is 1.87. The van der Waals surface area contributed by atoms with Crippen LogP contribution in [0.5, 0.6) is 0 Å². The van der Waals surface area contributed by atoms with Crippen LogP contribution in [0.2, 0.25) is 0 Å². The topological polar surface area (TPSA) is 115 Å². The van der Waals surface area contributed by atoms with Crippen molar-refractivity contribution in [3.05, 3.63) is 12.2 Å². The van der Waals surface area contributed by atoms with Gasteiger partial charge < -0.3 is 16.4 Å². The minimum atomic E-state index is -0.676. The fourth-order valence-corrected chi connectivity index (χ4v) is 1.13. The van der Waals surface area contributed by atoms with E-state index in [-0.39, 0.29) is 6.54 Å². The Kier molecular flexibility index (Phi) is 5.08. The van der Waals surface area contributed by atoms with Gasteiger partial charge in [-0.3, -0.25) is 14.3 Å². The molecule has 8 nitrogen and oxygen atoms in total. The molecular formula is C9H16N6O2. The first-order valence-electron chi connectivity index (χ1n) is 5.24. The molecule has 0 unspecified atom stereocenters. The number of carbonyl (C=O) groups excluding carboxylic acids is 2. The number of nitrogens with one attached hydrogen (secondary N) is 2. The van der Waals surface area contributed by atoms with E-state index in [1.165, 1.54) is 0 Å². The van der Waals surface area contributed by atoms with Crippen LogP contribution in [0.25, 0.3) is 0 Å². The average molecular weight is 240 g/mol. The Bertz CT molecular complexity index is 389. The number of carbonyl (C=O) groups is 2. The Morgan fingerprint density at radius 3 is 2.53 bits per heavy atom.